The van der Waals surface area contributed by atoms with Crippen molar-refractivity contribution in [1.29, 1.82) is 5.26 Å². The Bertz CT molecular complexity index is 1280. The number of benzene rings is 1. The van der Waals surface area contributed by atoms with E-state index in [-0.39, 0.29) is 16.9 Å². The molecule has 2 aromatic rings. The molecule has 5 heteroatoms. The lowest BCUT2D eigenvalue weighted by Gasteiger charge is -2.58. The summed E-state index contributed by atoms with van der Waals surface area (Å²) in [6.07, 6.45) is 11.1. The van der Waals surface area contributed by atoms with Gasteiger partial charge in [-0.05, 0) is 92.1 Å². The summed E-state index contributed by atoms with van der Waals surface area (Å²) in [5.41, 5.74) is 11.4. The lowest BCUT2D eigenvalue weighted by Crippen LogP contribution is -2.50. The topological polar surface area (TPSA) is 82.9 Å². The van der Waals surface area contributed by atoms with Crippen molar-refractivity contribution >= 4 is 17.4 Å². The highest BCUT2D eigenvalue weighted by Gasteiger charge is 2.59. The lowest BCUT2D eigenvalue weighted by atomic mass is 9.47. The van der Waals surface area contributed by atoms with Gasteiger partial charge in [0.05, 0.1) is 6.10 Å². The molecule has 0 aliphatic heterocycles. The largest absolute Gasteiger partial charge is 0.393 e. The number of hydrogen-bond acceptors (Lipinski definition) is 4. The van der Waals surface area contributed by atoms with E-state index in [1.807, 2.05) is 24.3 Å². The summed E-state index contributed by atoms with van der Waals surface area (Å²) in [5, 5.41) is 20.8. The Morgan fingerprint density at radius 1 is 1.08 bits per heavy atom. The minimum atomic E-state index is -0.161. The molecular weight excluding hydrogens is 466 g/mol. The van der Waals surface area contributed by atoms with Gasteiger partial charge in [0, 0.05) is 27.8 Å². The molecule has 0 unspecified atom stereocenters. The van der Waals surface area contributed by atoms with Gasteiger partial charge in [0.15, 0.2) is 0 Å². The predicted molar refractivity (Wildman–Crippen MR) is 144 cm³/mol. The van der Waals surface area contributed by atoms with Gasteiger partial charge in [-0.15, -0.1) is 0 Å². The van der Waals surface area contributed by atoms with Crippen molar-refractivity contribution in [2.75, 3.05) is 5.73 Å². The molecule has 1 heterocycles. The average molecular weight is 502 g/mol. The van der Waals surface area contributed by atoms with Crippen LogP contribution in [-0.2, 0) is 0 Å². The fraction of sp³-hybridized carbons (Fsp3) is 0.548. The normalized spacial score (nSPS) is 37.3. The van der Waals surface area contributed by atoms with E-state index >= 15 is 0 Å². The van der Waals surface area contributed by atoms with Crippen LogP contribution in [0.4, 0.5) is 5.82 Å². The molecular formula is C31H36ClN3O. The van der Waals surface area contributed by atoms with E-state index in [1.165, 1.54) is 24.8 Å². The van der Waals surface area contributed by atoms with Crippen molar-refractivity contribution in [3.63, 3.8) is 0 Å². The first-order chi connectivity index (χ1) is 17.3. The van der Waals surface area contributed by atoms with Gasteiger partial charge in [0.2, 0.25) is 0 Å². The van der Waals surface area contributed by atoms with E-state index < -0.39 is 0 Å². The van der Waals surface area contributed by atoms with Crippen molar-refractivity contribution in [1.82, 2.24) is 4.98 Å². The van der Waals surface area contributed by atoms with Crippen LogP contribution in [-0.4, -0.2) is 16.2 Å². The molecule has 0 radical (unpaired) electrons. The van der Waals surface area contributed by atoms with Crippen LogP contribution in [0.5, 0.6) is 0 Å². The first-order valence-electron chi connectivity index (χ1n) is 13.6. The summed E-state index contributed by atoms with van der Waals surface area (Å²) in [7, 11) is 0. The first-order valence-corrected chi connectivity index (χ1v) is 14.0. The SMILES string of the molecule is C[C@]12CC[C@H]3[C@@H](CC=C4C[C@@H](O)CC[C@@]43C)[C@@H]1CC[C@@H]2c1cc(-c2ccccc2Cl)c(C#N)c(N)n1. The molecule has 3 fully saturated rings. The summed E-state index contributed by atoms with van der Waals surface area (Å²) < 4.78 is 0. The minimum Gasteiger partial charge on any atom is -0.393 e. The Hall–Kier alpha value is -2.35. The maximum Gasteiger partial charge on any atom is 0.142 e. The summed E-state index contributed by atoms with van der Waals surface area (Å²) in [6.45, 7) is 4.97. The highest BCUT2D eigenvalue weighted by molar-refractivity contribution is 6.33. The number of rotatable bonds is 2. The Morgan fingerprint density at radius 3 is 2.67 bits per heavy atom. The van der Waals surface area contributed by atoms with E-state index in [0.717, 1.165) is 48.9 Å². The number of halogens is 1. The Morgan fingerprint density at radius 2 is 1.89 bits per heavy atom. The molecule has 0 spiro atoms. The predicted octanol–water partition coefficient (Wildman–Crippen LogP) is 7.26. The maximum atomic E-state index is 10.3. The van der Waals surface area contributed by atoms with E-state index in [1.54, 1.807) is 0 Å². The molecule has 0 saturated heterocycles. The average Bonchev–Trinajstić information content (AvgIpc) is 3.21. The van der Waals surface area contributed by atoms with Gasteiger partial charge < -0.3 is 10.8 Å². The number of nitrogens with two attached hydrogens (primary N) is 1. The molecule has 4 aliphatic rings. The van der Waals surface area contributed by atoms with Crippen molar-refractivity contribution in [2.24, 2.45) is 28.6 Å². The van der Waals surface area contributed by atoms with Crippen molar-refractivity contribution in [2.45, 2.75) is 77.2 Å². The smallest absolute Gasteiger partial charge is 0.142 e. The van der Waals surface area contributed by atoms with Crippen LogP contribution in [0.25, 0.3) is 11.1 Å². The van der Waals surface area contributed by atoms with E-state index in [2.05, 4.69) is 32.1 Å². The Labute approximate surface area is 219 Å². The zero-order valence-corrected chi connectivity index (χ0v) is 22.1. The Kier molecular flexibility index (Phi) is 5.74. The number of nitriles is 1. The molecule has 1 aromatic heterocycles. The number of nitrogens with zero attached hydrogens (tertiary/aromatic N) is 2. The monoisotopic (exact) mass is 501 g/mol. The van der Waals surface area contributed by atoms with Crippen molar-refractivity contribution in [3.05, 3.63) is 58.3 Å². The number of anilines is 1. The van der Waals surface area contributed by atoms with Crippen LogP contribution in [0.2, 0.25) is 5.02 Å². The van der Waals surface area contributed by atoms with Crippen LogP contribution >= 0.6 is 11.6 Å². The summed E-state index contributed by atoms with van der Waals surface area (Å²) in [5.74, 6) is 2.69. The van der Waals surface area contributed by atoms with Crippen LogP contribution in [0.3, 0.4) is 0 Å². The number of hydrogen-bond donors (Lipinski definition) is 2. The minimum absolute atomic E-state index is 0.161. The van der Waals surface area contributed by atoms with Crippen LogP contribution in [0.15, 0.2) is 42.0 Å². The highest BCUT2D eigenvalue weighted by Crippen LogP contribution is 2.68. The molecule has 4 nitrogen and oxygen atoms in total. The highest BCUT2D eigenvalue weighted by atomic mass is 35.5. The van der Waals surface area contributed by atoms with Gasteiger partial charge in [0.25, 0.3) is 0 Å². The number of allylic oxidation sites excluding steroid dienone is 1. The van der Waals surface area contributed by atoms with Gasteiger partial charge in [-0.2, -0.15) is 5.26 Å². The number of fused-ring (bicyclic) bond motifs is 5. The third-order valence-corrected chi connectivity index (χ3v) is 11.1. The van der Waals surface area contributed by atoms with Gasteiger partial charge in [-0.1, -0.05) is 55.3 Å². The Balaban J connectivity index is 1.37. The molecule has 36 heavy (non-hydrogen) atoms. The summed E-state index contributed by atoms with van der Waals surface area (Å²) >= 11 is 6.55. The molecule has 1 aromatic carbocycles. The lowest BCUT2D eigenvalue weighted by molar-refractivity contribution is -0.0412. The molecule has 188 valence electrons. The van der Waals surface area contributed by atoms with Gasteiger partial charge in [-0.3, -0.25) is 0 Å². The summed E-state index contributed by atoms with van der Waals surface area (Å²) in [4.78, 5) is 4.84. The second-order valence-corrected chi connectivity index (χ2v) is 12.7. The van der Waals surface area contributed by atoms with E-state index in [4.69, 9.17) is 22.3 Å². The van der Waals surface area contributed by atoms with Crippen LogP contribution < -0.4 is 5.73 Å². The van der Waals surface area contributed by atoms with Gasteiger partial charge in [0.1, 0.15) is 17.5 Å². The maximum absolute atomic E-state index is 10.3. The quantitative estimate of drug-likeness (QED) is 0.424. The number of pyridine rings is 1. The van der Waals surface area contributed by atoms with Gasteiger partial charge >= 0.3 is 0 Å². The van der Waals surface area contributed by atoms with E-state index in [9.17, 15) is 10.4 Å². The van der Waals surface area contributed by atoms with Crippen molar-refractivity contribution in [3.8, 4) is 17.2 Å². The molecule has 3 saturated carbocycles. The molecule has 7 atom stereocenters. The standard InChI is InChI=1S/C31H36ClN3O/c1-30-13-11-19(36)15-18(30)7-8-21-24-9-10-26(31(24,2)14-12-25(21)30)28-16-22(23(17-33)29(34)35-28)20-5-3-4-6-27(20)32/h3-7,16,19,21,24-26,36H,8-15H2,1-2H3,(H2,34,35)/t19-,21-,24-,25-,26+,30-,31-/m0/s1. The molecule has 6 rings (SSSR count). The van der Waals surface area contributed by atoms with Crippen molar-refractivity contribution < 1.29 is 5.11 Å². The summed E-state index contributed by atoms with van der Waals surface area (Å²) in [6, 6.07) is 12.0. The van der Waals surface area contributed by atoms with Crippen LogP contribution in [0.1, 0.15) is 82.4 Å². The zero-order chi connectivity index (χ0) is 25.2. The number of nitrogen functional groups attached to an aromatic ring is 1. The first kappa shape index (κ1) is 24.0. The number of aliphatic hydroxyl groups excluding tert-OH is 1. The van der Waals surface area contributed by atoms with E-state index in [0.29, 0.717) is 40.1 Å². The molecule has 0 bridgehead atoms. The second kappa shape index (κ2) is 8.61. The number of aliphatic hydroxyl groups is 1. The third-order valence-electron chi connectivity index (χ3n) is 10.8. The number of aromatic nitrogens is 1. The fourth-order valence-electron chi connectivity index (χ4n) is 8.90. The molecule has 3 N–H and O–H groups in total. The molecule has 4 aliphatic carbocycles. The second-order valence-electron chi connectivity index (χ2n) is 12.3. The third kappa shape index (κ3) is 3.46. The van der Waals surface area contributed by atoms with Crippen LogP contribution in [0, 0.1) is 39.9 Å². The van der Waals surface area contributed by atoms with Gasteiger partial charge in [-0.25, -0.2) is 4.98 Å². The fourth-order valence-corrected chi connectivity index (χ4v) is 9.14. The molecule has 0 amide bonds. The zero-order valence-electron chi connectivity index (χ0n) is 21.3.